The second-order valence-electron chi connectivity index (χ2n) is 29.4. The first kappa shape index (κ1) is 67.9. The topological polar surface area (TPSA) is 179 Å². The molecule has 7 aliphatic heterocycles. The van der Waals surface area contributed by atoms with Gasteiger partial charge < -0.3 is 38.5 Å². The van der Waals surface area contributed by atoms with Crippen LogP contribution in [0.15, 0.2) is 42.6 Å². The molecule has 3 unspecified atom stereocenters. The number of ether oxygens (including phenoxy) is 4. The molecule has 3 aromatic carbocycles. The van der Waals surface area contributed by atoms with Gasteiger partial charge in [0, 0.05) is 101 Å². The van der Waals surface area contributed by atoms with E-state index in [2.05, 4.69) is 82.8 Å². The normalized spacial score (nSPS) is 21.4. The zero-order valence-electron chi connectivity index (χ0n) is 57.0. The number of likely N-dealkylation sites (tertiary alicyclic amines) is 2. The predicted octanol–water partition coefficient (Wildman–Crippen LogP) is 10.8. The Morgan fingerprint density at radius 2 is 1.40 bits per heavy atom. The van der Waals surface area contributed by atoms with Gasteiger partial charge >= 0.3 is 12.1 Å². The lowest BCUT2D eigenvalue weighted by Gasteiger charge is -2.42. The van der Waals surface area contributed by atoms with Crippen LogP contribution in [-0.4, -0.2) is 201 Å². The van der Waals surface area contributed by atoms with Gasteiger partial charge in [-0.25, -0.2) is 18.0 Å². The van der Waals surface area contributed by atoms with Gasteiger partial charge in [-0.15, -0.1) is 5.54 Å². The molecule has 0 saturated carbocycles. The van der Waals surface area contributed by atoms with Crippen molar-refractivity contribution in [1.29, 1.82) is 0 Å². The van der Waals surface area contributed by atoms with Crippen LogP contribution in [0.4, 0.5) is 29.5 Å². The van der Waals surface area contributed by atoms with Crippen LogP contribution < -0.4 is 24.6 Å². The Morgan fingerprint density at radius 3 is 2.03 bits per heavy atom. The third kappa shape index (κ3) is 14.1. The number of aromatic nitrogens is 3. The molecule has 2 bridgehead atoms. The molecule has 5 aromatic rings. The number of piperidine rings is 3. The summed E-state index contributed by atoms with van der Waals surface area (Å²) in [6.07, 6.45) is 7.59. The van der Waals surface area contributed by atoms with Crippen LogP contribution in [0.3, 0.4) is 0 Å². The van der Waals surface area contributed by atoms with Crippen molar-refractivity contribution in [3.8, 4) is 34.5 Å². The largest absolute Gasteiger partial charge is 0.468 e. The van der Waals surface area contributed by atoms with Gasteiger partial charge in [0.15, 0.2) is 18.4 Å². The first-order chi connectivity index (χ1) is 45.5. The number of halogens is 3. The molecule has 1 N–H and O–H groups in total. The molecule has 0 radical (unpaired) electrons. The number of pyridine rings is 1. The van der Waals surface area contributed by atoms with Gasteiger partial charge in [-0.1, -0.05) is 53.5 Å². The first-order valence-corrected chi connectivity index (χ1v) is 36.8. The van der Waals surface area contributed by atoms with Crippen LogP contribution in [0.5, 0.6) is 11.8 Å². The van der Waals surface area contributed by atoms with Crippen LogP contribution in [0, 0.1) is 40.8 Å². The van der Waals surface area contributed by atoms with Gasteiger partial charge in [0.05, 0.1) is 35.3 Å². The fourth-order valence-electron chi connectivity index (χ4n) is 16.5. The predicted molar refractivity (Wildman–Crippen MR) is 363 cm³/mol. The van der Waals surface area contributed by atoms with Crippen molar-refractivity contribution in [2.45, 2.75) is 161 Å². The lowest BCUT2D eigenvalue weighted by Crippen LogP contribution is -2.57. The van der Waals surface area contributed by atoms with E-state index in [1.165, 1.54) is 18.1 Å². The minimum atomic E-state index is -2.36. The number of nitrogens with zero attached hydrogens (tertiary/aromatic N) is 10. The number of methoxy groups -OCH3 is 1. The average Bonchev–Trinajstić information content (AvgIpc) is 1.64. The molecule has 4 amide bonds. The standard InChI is InChI=1S/C72H94F3N11O8Si/c1-44(2)95(45(3)4,46(5)6)34-23-54-58(73)15-11-49-35-52(93-43-91-10)36-55(62(49)54)65-64(75)66-56(37-76-65)67(84-40-50-12-13-51(41-84)86(50)71(90)94-72(7,8)9)79-70(78-66)92-33-32-80-24-19-47(20-25-80)38-81-26-21-48(22-27-81)39-82-28-30-83(31-29-82)59-16-14-53-57(63(59)74)42-85(69(53)89)60-17-18-61(87)77-68(60)88/h11,14-16,35-37,44-48,50-51,60H,12-13,17-22,24-33,38-43H2,1-10H3,(H,77,87,88). The Bertz CT molecular complexity index is 3740. The summed E-state index contributed by atoms with van der Waals surface area (Å²) in [6.45, 7) is 29.7. The zero-order chi connectivity index (χ0) is 67.2. The second kappa shape index (κ2) is 28.2. The van der Waals surface area contributed by atoms with E-state index in [1.807, 2.05) is 25.7 Å². The van der Waals surface area contributed by atoms with Gasteiger partial charge in [0.2, 0.25) is 11.8 Å². The number of carbonyl (C=O) groups is 4. The summed E-state index contributed by atoms with van der Waals surface area (Å²) in [6, 6.07) is 8.82. The first-order valence-electron chi connectivity index (χ1n) is 34.5. The molecule has 0 spiro atoms. The number of amides is 4. The molecule has 7 aliphatic rings. The monoisotopic (exact) mass is 1330 g/mol. The maximum Gasteiger partial charge on any atom is 0.410 e. The summed E-state index contributed by atoms with van der Waals surface area (Å²) in [5.41, 5.74) is 5.43. The quantitative estimate of drug-likeness (QED) is 0.0379. The maximum absolute atomic E-state index is 18.2. The van der Waals surface area contributed by atoms with E-state index in [-0.39, 0.29) is 91.1 Å². The third-order valence-electron chi connectivity index (χ3n) is 21.4. The van der Waals surface area contributed by atoms with E-state index >= 15 is 13.2 Å². The van der Waals surface area contributed by atoms with Crippen molar-refractivity contribution in [1.82, 2.24) is 44.8 Å². The van der Waals surface area contributed by atoms with E-state index in [9.17, 15) is 19.2 Å². The Kier molecular flexibility index (Phi) is 20.1. The Hall–Kier alpha value is -7.10. The molecule has 9 heterocycles. The lowest BCUT2D eigenvalue weighted by atomic mass is 9.92. The summed E-state index contributed by atoms with van der Waals surface area (Å²) in [7, 11) is -0.837. The number of carbonyl (C=O) groups excluding carboxylic acids is 4. The number of imide groups is 1. The van der Waals surface area contributed by atoms with Crippen LogP contribution in [0.2, 0.25) is 16.6 Å². The third-order valence-corrected chi connectivity index (χ3v) is 27.7. The van der Waals surface area contributed by atoms with Gasteiger partial charge in [0.25, 0.3) is 5.91 Å². The van der Waals surface area contributed by atoms with Gasteiger partial charge in [-0.05, 0) is 156 Å². The summed E-state index contributed by atoms with van der Waals surface area (Å²) in [4.78, 5) is 81.0. The summed E-state index contributed by atoms with van der Waals surface area (Å²) < 4.78 is 74.6. The van der Waals surface area contributed by atoms with Gasteiger partial charge in [-0.3, -0.25) is 39.4 Å². The zero-order valence-corrected chi connectivity index (χ0v) is 58.0. The molecule has 3 atom stereocenters. The Morgan fingerprint density at radius 1 is 0.747 bits per heavy atom. The highest BCUT2D eigenvalue weighted by Gasteiger charge is 2.47. The number of benzene rings is 3. The van der Waals surface area contributed by atoms with E-state index in [0.29, 0.717) is 106 Å². The van der Waals surface area contributed by atoms with E-state index < -0.39 is 43.1 Å². The molecule has 2 aromatic heterocycles. The average molecular weight is 1330 g/mol. The number of anilines is 2. The van der Waals surface area contributed by atoms with Crippen LogP contribution in [-0.2, 0) is 25.6 Å². The van der Waals surface area contributed by atoms with Crippen molar-refractivity contribution >= 4 is 65.1 Å². The minimum absolute atomic E-state index is 0.00105. The van der Waals surface area contributed by atoms with Crippen molar-refractivity contribution < 1.29 is 51.3 Å². The van der Waals surface area contributed by atoms with E-state index in [1.54, 1.807) is 36.5 Å². The molecular weight excluding hydrogens is 1230 g/mol. The van der Waals surface area contributed by atoms with Crippen molar-refractivity contribution in [3.05, 3.63) is 76.7 Å². The molecule has 12 rings (SSSR count). The van der Waals surface area contributed by atoms with Crippen molar-refractivity contribution in [2.75, 3.05) is 115 Å². The molecule has 23 heteroatoms. The molecule has 95 heavy (non-hydrogen) atoms. The van der Waals surface area contributed by atoms with Gasteiger partial charge in [0.1, 0.15) is 54.9 Å². The summed E-state index contributed by atoms with van der Waals surface area (Å²) in [5.74, 6) is 2.50. The van der Waals surface area contributed by atoms with Crippen LogP contribution >= 0.6 is 0 Å². The summed E-state index contributed by atoms with van der Waals surface area (Å²) >= 11 is 0. The second-order valence-corrected chi connectivity index (χ2v) is 34.9. The lowest BCUT2D eigenvalue weighted by molar-refractivity contribution is -0.136. The molecule has 6 fully saturated rings. The molecular formula is C72H94F3N11O8Si. The fraction of sp³-hybridized carbons (Fsp3) is 0.597. The Labute approximate surface area is 557 Å². The minimum Gasteiger partial charge on any atom is -0.468 e. The van der Waals surface area contributed by atoms with Crippen LogP contribution in [0.1, 0.15) is 135 Å². The Balaban J connectivity index is 0.698. The number of hydrogen-bond acceptors (Lipinski definition) is 16. The maximum atomic E-state index is 18.2. The van der Waals surface area contributed by atoms with Crippen LogP contribution in [0.25, 0.3) is 32.9 Å². The number of rotatable bonds is 18. The summed E-state index contributed by atoms with van der Waals surface area (Å²) in [5, 5.41) is 3.71. The van der Waals surface area contributed by atoms with Crippen molar-refractivity contribution in [2.24, 2.45) is 11.8 Å². The fourth-order valence-corrected chi connectivity index (χ4v) is 21.7. The number of hydrogen-bond donors (Lipinski definition) is 1. The highest BCUT2D eigenvalue weighted by molar-refractivity contribution is 6.90. The number of nitrogens with one attached hydrogen (secondary N) is 1. The molecule has 0 aliphatic carbocycles. The molecule has 6 saturated heterocycles. The number of fused-ring (bicyclic) bond motifs is 5. The van der Waals surface area contributed by atoms with Crippen molar-refractivity contribution in [3.63, 3.8) is 0 Å². The highest BCUT2D eigenvalue weighted by Crippen LogP contribution is 2.44. The SMILES string of the molecule is COCOc1cc(-c2ncc3c(N4CC5CCC(C4)N5C(=O)OC(C)(C)C)nc(OCCN4CCC(CN5CCC(CN6CCN(c7ccc8c(c7F)CN(C7CCC(=O)NC7=O)C8=O)CC6)CC5)CC4)nc3c2F)c2c(C#C[Si](C(C)C)(C(C)C)C(C)C)c(F)ccc2c1. The van der Waals surface area contributed by atoms with E-state index in [4.69, 9.17) is 33.9 Å². The van der Waals surface area contributed by atoms with Gasteiger partial charge in [-0.2, -0.15) is 9.97 Å². The van der Waals surface area contributed by atoms with E-state index in [0.717, 1.165) is 90.9 Å². The smallest absolute Gasteiger partial charge is 0.410 e. The molecule has 510 valence electrons. The highest BCUT2D eigenvalue weighted by atomic mass is 28.3. The number of piperazine rings is 2. The molecule has 19 nitrogen and oxygen atoms in total.